The van der Waals surface area contributed by atoms with Crippen LogP contribution >= 0.6 is 11.3 Å². The van der Waals surface area contributed by atoms with Crippen molar-refractivity contribution in [2.45, 2.75) is 6.36 Å². The zero-order valence-corrected chi connectivity index (χ0v) is 14.8. The standard InChI is InChI=1S/C19H11F4NO4S/c20-14-9-11(10-2-1-3-12(8-10)28-19(21,22)23)4-5-15(14)24-17(25)13-6-7-29-16(13)18(26)27/h1-9H,(H,24,25)(H,26,27)/i2D,3D,5D,8D. The third-order valence-electron chi connectivity index (χ3n) is 3.40. The molecule has 3 rings (SSSR count). The van der Waals surface area contributed by atoms with Gasteiger partial charge in [0.05, 0.1) is 16.7 Å². The summed E-state index contributed by atoms with van der Waals surface area (Å²) in [7, 11) is 0. The molecule has 0 saturated heterocycles. The first kappa shape index (κ1) is 15.5. The van der Waals surface area contributed by atoms with Crippen LogP contribution in [0, 0.1) is 5.82 Å². The second kappa shape index (κ2) is 7.92. The van der Waals surface area contributed by atoms with E-state index < -0.39 is 65.2 Å². The predicted octanol–water partition coefficient (Wildman–Crippen LogP) is 5.40. The summed E-state index contributed by atoms with van der Waals surface area (Å²) in [6.07, 6.45) is -5.22. The molecular formula is C19H11F4NO4S. The van der Waals surface area contributed by atoms with Crippen LogP contribution in [-0.4, -0.2) is 23.3 Å². The van der Waals surface area contributed by atoms with Crippen LogP contribution in [0.3, 0.4) is 0 Å². The van der Waals surface area contributed by atoms with Gasteiger partial charge in [0, 0.05) is 0 Å². The number of amides is 1. The zero-order valence-electron chi connectivity index (χ0n) is 18.0. The Kier molecular flexibility index (Phi) is 4.24. The van der Waals surface area contributed by atoms with Gasteiger partial charge in [0.15, 0.2) is 0 Å². The van der Waals surface area contributed by atoms with Crippen molar-refractivity contribution in [2.24, 2.45) is 0 Å². The van der Waals surface area contributed by atoms with Gasteiger partial charge in [0.1, 0.15) is 16.4 Å². The maximum Gasteiger partial charge on any atom is 0.573 e. The second-order valence-corrected chi connectivity index (χ2v) is 6.26. The molecule has 150 valence electrons. The lowest BCUT2D eigenvalue weighted by molar-refractivity contribution is -0.274. The van der Waals surface area contributed by atoms with E-state index in [1.807, 2.05) is 0 Å². The number of aromatic carboxylic acids is 1. The highest BCUT2D eigenvalue weighted by molar-refractivity contribution is 7.12. The van der Waals surface area contributed by atoms with E-state index in [1.54, 1.807) is 0 Å². The molecule has 1 heterocycles. The van der Waals surface area contributed by atoms with Crippen molar-refractivity contribution in [1.82, 2.24) is 0 Å². The fourth-order valence-corrected chi connectivity index (χ4v) is 2.96. The Bertz CT molecular complexity index is 1260. The minimum atomic E-state index is -5.22. The molecule has 1 aromatic heterocycles. The number of carboxylic acids is 1. The van der Waals surface area contributed by atoms with Crippen molar-refractivity contribution in [3.8, 4) is 16.9 Å². The summed E-state index contributed by atoms with van der Waals surface area (Å²) in [6.45, 7) is 0. The Hall–Kier alpha value is -3.40. The lowest BCUT2D eigenvalue weighted by Crippen LogP contribution is -2.17. The smallest absolute Gasteiger partial charge is 0.477 e. The third-order valence-corrected chi connectivity index (χ3v) is 4.30. The molecule has 0 radical (unpaired) electrons. The molecule has 2 aromatic carbocycles. The van der Waals surface area contributed by atoms with Gasteiger partial charge >= 0.3 is 12.3 Å². The first-order valence-corrected chi connectivity index (χ1v) is 8.47. The largest absolute Gasteiger partial charge is 0.573 e. The van der Waals surface area contributed by atoms with Crippen molar-refractivity contribution < 1.29 is 42.5 Å². The molecule has 29 heavy (non-hydrogen) atoms. The monoisotopic (exact) mass is 429 g/mol. The average molecular weight is 429 g/mol. The minimum Gasteiger partial charge on any atom is -0.477 e. The average Bonchev–Trinajstić information content (AvgIpc) is 3.17. The van der Waals surface area contributed by atoms with Gasteiger partial charge in [-0.25, -0.2) is 9.18 Å². The fourth-order valence-electron chi connectivity index (χ4n) is 2.23. The fraction of sp³-hybridized carbons (Fsp3) is 0.0526. The summed E-state index contributed by atoms with van der Waals surface area (Å²) in [5.41, 5.74) is -1.77. The van der Waals surface area contributed by atoms with Crippen LogP contribution in [0.5, 0.6) is 5.75 Å². The molecule has 0 bridgehead atoms. The van der Waals surface area contributed by atoms with Crippen LogP contribution in [0.2, 0.25) is 0 Å². The summed E-state index contributed by atoms with van der Waals surface area (Å²) in [4.78, 5) is 23.2. The first-order chi connectivity index (χ1) is 15.3. The van der Waals surface area contributed by atoms with Crippen LogP contribution in [0.4, 0.5) is 23.2 Å². The number of anilines is 1. The number of nitrogens with one attached hydrogen (secondary N) is 1. The van der Waals surface area contributed by atoms with Crippen LogP contribution < -0.4 is 10.1 Å². The molecule has 0 unspecified atom stereocenters. The highest BCUT2D eigenvalue weighted by Gasteiger charge is 2.31. The number of alkyl halides is 3. The number of carbonyl (C=O) groups is 2. The van der Waals surface area contributed by atoms with Crippen LogP contribution in [0.15, 0.2) is 53.8 Å². The number of carbonyl (C=O) groups excluding carboxylic acids is 1. The maximum atomic E-state index is 14.8. The lowest BCUT2D eigenvalue weighted by Gasteiger charge is -2.11. The Morgan fingerprint density at radius 3 is 2.59 bits per heavy atom. The van der Waals surface area contributed by atoms with Gasteiger partial charge in [-0.1, -0.05) is 18.2 Å². The van der Waals surface area contributed by atoms with E-state index in [0.717, 1.165) is 17.4 Å². The number of halogens is 4. The minimum absolute atomic E-state index is 0.266. The summed E-state index contributed by atoms with van der Waals surface area (Å²) in [6, 6.07) is 0.328. The molecule has 3 aromatic rings. The van der Waals surface area contributed by atoms with Crippen molar-refractivity contribution in [1.29, 1.82) is 0 Å². The predicted molar refractivity (Wildman–Crippen MR) is 97.8 cm³/mol. The number of hydrogen-bond acceptors (Lipinski definition) is 4. The number of thiophene rings is 1. The Balaban J connectivity index is 2.03. The number of benzene rings is 2. The molecular weight excluding hydrogens is 414 g/mol. The van der Waals surface area contributed by atoms with Gasteiger partial charge in [-0.3, -0.25) is 4.79 Å². The number of rotatable bonds is 5. The molecule has 0 aliphatic rings. The highest BCUT2D eigenvalue weighted by atomic mass is 32.1. The van der Waals surface area contributed by atoms with Gasteiger partial charge < -0.3 is 15.2 Å². The van der Waals surface area contributed by atoms with E-state index in [0.29, 0.717) is 12.1 Å². The highest BCUT2D eigenvalue weighted by Crippen LogP contribution is 2.30. The molecule has 5 nitrogen and oxygen atoms in total. The van der Waals surface area contributed by atoms with E-state index in [2.05, 4.69) is 10.1 Å². The molecule has 1 amide bonds. The Morgan fingerprint density at radius 2 is 1.93 bits per heavy atom. The van der Waals surface area contributed by atoms with Crippen molar-refractivity contribution in [2.75, 3.05) is 5.32 Å². The number of hydrogen-bond donors (Lipinski definition) is 2. The molecule has 0 atom stereocenters. The van der Waals surface area contributed by atoms with E-state index in [4.69, 9.17) is 10.6 Å². The normalized spacial score (nSPS) is 13.1. The van der Waals surface area contributed by atoms with Crippen molar-refractivity contribution in [3.05, 3.63) is 70.1 Å². The SMILES string of the molecule is [2H]c1cc(-c2c([2H])cc([2H])c(OC(F)(F)F)c2[2H])cc(F)c1NC(=O)c1ccsc1C(=O)O. The van der Waals surface area contributed by atoms with Gasteiger partial charge in [-0.05, 0) is 46.8 Å². The molecule has 0 saturated carbocycles. The van der Waals surface area contributed by atoms with Crippen LogP contribution in [-0.2, 0) is 0 Å². The Labute approximate surface area is 170 Å². The van der Waals surface area contributed by atoms with Gasteiger partial charge in [0.25, 0.3) is 5.91 Å². The quantitative estimate of drug-likeness (QED) is 0.533. The number of ether oxygens (including phenoxy) is 1. The molecule has 0 fully saturated rings. The zero-order chi connectivity index (χ0) is 24.7. The van der Waals surface area contributed by atoms with Crippen LogP contribution in [0.1, 0.15) is 25.5 Å². The summed E-state index contributed by atoms with van der Waals surface area (Å²) < 4.78 is 87.7. The molecule has 0 spiro atoms. The van der Waals surface area contributed by atoms with E-state index in [9.17, 15) is 27.2 Å². The lowest BCUT2D eigenvalue weighted by atomic mass is 10.0. The molecule has 10 heteroatoms. The Morgan fingerprint density at radius 1 is 1.17 bits per heavy atom. The number of carboxylic acid groups (broad SMARTS) is 1. The molecule has 0 aliphatic heterocycles. The van der Waals surface area contributed by atoms with Gasteiger partial charge in [-0.2, -0.15) is 0 Å². The second-order valence-electron chi connectivity index (χ2n) is 5.34. The van der Waals surface area contributed by atoms with Crippen molar-refractivity contribution in [3.63, 3.8) is 0 Å². The van der Waals surface area contributed by atoms with E-state index >= 15 is 0 Å². The molecule has 2 N–H and O–H groups in total. The first-order valence-electron chi connectivity index (χ1n) is 9.59. The summed E-state index contributed by atoms with van der Waals surface area (Å²) >= 11 is 0.764. The van der Waals surface area contributed by atoms with Crippen LogP contribution in [0.25, 0.3) is 11.1 Å². The summed E-state index contributed by atoms with van der Waals surface area (Å²) in [5.74, 6) is -4.80. The molecule has 0 aliphatic carbocycles. The van der Waals surface area contributed by atoms with E-state index in [-0.39, 0.29) is 16.0 Å². The van der Waals surface area contributed by atoms with Gasteiger partial charge in [0.2, 0.25) is 0 Å². The topological polar surface area (TPSA) is 75.6 Å². The maximum absolute atomic E-state index is 14.8. The van der Waals surface area contributed by atoms with E-state index in [1.165, 1.54) is 11.4 Å². The van der Waals surface area contributed by atoms with Gasteiger partial charge in [-0.15, -0.1) is 24.5 Å². The third kappa shape index (κ3) is 4.91. The summed E-state index contributed by atoms with van der Waals surface area (Å²) in [5, 5.41) is 12.5. The van der Waals surface area contributed by atoms with Crippen molar-refractivity contribution >= 4 is 28.9 Å².